The molecule has 0 atom stereocenters. The van der Waals surface area contributed by atoms with Gasteiger partial charge >= 0.3 is 0 Å². The Morgan fingerprint density at radius 2 is 1.45 bits per heavy atom. The maximum absolute atomic E-state index is 4.88. The summed E-state index contributed by atoms with van der Waals surface area (Å²) in [4.78, 5) is 13.5. The summed E-state index contributed by atoms with van der Waals surface area (Å²) in [5, 5.41) is 2.31. The number of hydrogen-bond acceptors (Lipinski definition) is 2. The molecule has 0 N–H and O–H groups in total. The zero-order chi connectivity index (χ0) is 23.8. The van der Waals surface area contributed by atoms with Crippen LogP contribution in [0.4, 0.5) is 5.69 Å². The van der Waals surface area contributed by atoms with Gasteiger partial charge in [-0.05, 0) is 48.0 Å². The van der Waals surface area contributed by atoms with E-state index in [0.717, 1.165) is 39.6 Å². The van der Waals surface area contributed by atoms with Crippen molar-refractivity contribution < 1.29 is 0 Å². The lowest BCUT2D eigenvalue weighted by atomic mass is 10.0. The molecule has 0 spiro atoms. The molecule has 0 aliphatic carbocycles. The van der Waals surface area contributed by atoms with Crippen LogP contribution in [0.2, 0.25) is 0 Å². The predicted molar refractivity (Wildman–Crippen MR) is 144 cm³/mol. The molecule has 3 aromatic rings. The molecule has 0 saturated heterocycles. The summed E-state index contributed by atoms with van der Waals surface area (Å²) in [6.07, 6.45) is 7.93. The Kier molecular flexibility index (Phi) is 7.98. The normalized spacial score (nSPS) is 12.6. The SMILES string of the molecule is C=C(/C=C\C=C/C)N(C)C(=NC)c1ccc2ccc(C(=Nc3ccccc3)N(C)C)cc2c1. The van der Waals surface area contributed by atoms with Crippen LogP contribution in [0.25, 0.3) is 10.8 Å². The summed E-state index contributed by atoms with van der Waals surface area (Å²) < 4.78 is 0. The maximum atomic E-state index is 4.88. The molecular weight excluding hydrogens is 404 g/mol. The summed E-state index contributed by atoms with van der Waals surface area (Å²) in [5.74, 6) is 1.78. The molecule has 3 rings (SSSR count). The molecule has 0 amide bonds. The van der Waals surface area contributed by atoms with E-state index in [-0.39, 0.29) is 0 Å². The first-order chi connectivity index (χ1) is 15.9. The van der Waals surface area contributed by atoms with E-state index >= 15 is 0 Å². The number of hydrogen-bond donors (Lipinski definition) is 0. The first kappa shape index (κ1) is 23.7. The highest BCUT2D eigenvalue weighted by molar-refractivity contribution is 6.06. The second-order valence-electron chi connectivity index (χ2n) is 7.92. The van der Waals surface area contributed by atoms with Gasteiger partial charge in [-0.2, -0.15) is 0 Å². The second kappa shape index (κ2) is 11.1. The molecule has 0 heterocycles. The Morgan fingerprint density at radius 1 is 0.818 bits per heavy atom. The standard InChI is InChI=1S/C29H32N4/c1-7-8-10-13-22(2)33(6)28(30-3)24-18-16-23-17-19-25(21-26(23)20-24)29(32(4)5)31-27-14-11-9-12-15-27/h7-21H,2H2,1,3-6H3/b8-7-,13-10-,30-28?,31-29?. The summed E-state index contributed by atoms with van der Waals surface area (Å²) in [7, 11) is 7.84. The highest BCUT2D eigenvalue weighted by Crippen LogP contribution is 2.22. The first-order valence-electron chi connectivity index (χ1n) is 11.0. The zero-order valence-electron chi connectivity index (χ0n) is 20.2. The van der Waals surface area contributed by atoms with Gasteiger partial charge in [-0.3, -0.25) is 4.99 Å². The molecule has 0 aliphatic heterocycles. The third kappa shape index (κ3) is 5.86. The molecule has 0 radical (unpaired) electrons. The predicted octanol–water partition coefficient (Wildman–Crippen LogP) is 6.43. The summed E-state index contributed by atoms with van der Waals surface area (Å²) in [6.45, 7) is 6.17. The quantitative estimate of drug-likeness (QED) is 0.253. The van der Waals surface area contributed by atoms with E-state index in [1.54, 1.807) is 0 Å². The Balaban J connectivity index is 2.00. The second-order valence-corrected chi connectivity index (χ2v) is 7.92. The van der Waals surface area contributed by atoms with E-state index < -0.39 is 0 Å². The molecule has 4 heteroatoms. The van der Waals surface area contributed by atoms with E-state index in [4.69, 9.17) is 4.99 Å². The molecular formula is C29H32N4. The minimum absolute atomic E-state index is 0.864. The van der Waals surface area contributed by atoms with Gasteiger partial charge in [0.1, 0.15) is 11.7 Å². The van der Waals surface area contributed by atoms with Gasteiger partial charge in [0.15, 0.2) is 0 Å². The lowest BCUT2D eigenvalue weighted by Crippen LogP contribution is -2.26. The fraction of sp³-hybridized carbons (Fsp3) is 0.172. The molecule has 0 unspecified atom stereocenters. The van der Waals surface area contributed by atoms with Crippen LogP contribution in [0.5, 0.6) is 0 Å². The monoisotopic (exact) mass is 436 g/mol. The topological polar surface area (TPSA) is 31.2 Å². The van der Waals surface area contributed by atoms with Gasteiger partial charge in [-0.25, -0.2) is 4.99 Å². The highest BCUT2D eigenvalue weighted by Gasteiger charge is 2.13. The summed E-state index contributed by atoms with van der Waals surface area (Å²) in [6, 6.07) is 22.9. The van der Waals surface area contributed by atoms with Gasteiger partial charge in [-0.15, -0.1) is 0 Å². The minimum atomic E-state index is 0.864. The number of benzene rings is 3. The zero-order valence-corrected chi connectivity index (χ0v) is 20.2. The third-order valence-corrected chi connectivity index (χ3v) is 5.32. The first-order valence-corrected chi connectivity index (χ1v) is 11.0. The van der Waals surface area contributed by atoms with Crippen molar-refractivity contribution in [1.82, 2.24) is 9.80 Å². The average Bonchev–Trinajstić information content (AvgIpc) is 2.83. The lowest BCUT2D eigenvalue weighted by Gasteiger charge is -2.22. The van der Waals surface area contributed by atoms with E-state index in [9.17, 15) is 0 Å². The molecule has 168 valence electrons. The van der Waals surface area contributed by atoms with Gasteiger partial charge in [0.25, 0.3) is 0 Å². The number of fused-ring (bicyclic) bond motifs is 1. The van der Waals surface area contributed by atoms with E-state index in [1.807, 2.05) is 99.6 Å². The number of para-hydroxylation sites is 1. The fourth-order valence-corrected chi connectivity index (χ4v) is 3.57. The van der Waals surface area contributed by atoms with Crippen LogP contribution >= 0.6 is 0 Å². The van der Waals surface area contributed by atoms with Crippen LogP contribution < -0.4 is 0 Å². The van der Waals surface area contributed by atoms with Crippen molar-refractivity contribution in [2.45, 2.75) is 6.92 Å². The maximum Gasteiger partial charge on any atom is 0.136 e. The number of rotatable bonds is 6. The Labute approximate surface area is 197 Å². The number of nitrogens with zero attached hydrogens (tertiary/aromatic N) is 4. The van der Waals surface area contributed by atoms with E-state index in [1.165, 1.54) is 5.39 Å². The van der Waals surface area contributed by atoms with E-state index in [2.05, 4.69) is 48.0 Å². The highest BCUT2D eigenvalue weighted by atomic mass is 15.2. The minimum Gasteiger partial charge on any atom is -0.362 e. The van der Waals surface area contributed by atoms with Crippen molar-refractivity contribution in [2.24, 2.45) is 9.98 Å². The van der Waals surface area contributed by atoms with Crippen molar-refractivity contribution in [3.63, 3.8) is 0 Å². The fourth-order valence-electron chi connectivity index (χ4n) is 3.57. The molecule has 4 nitrogen and oxygen atoms in total. The van der Waals surface area contributed by atoms with Crippen LogP contribution in [0, 0.1) is 0 Å². The smallest absolute Gasteiger partial charge is 0.136 e. The van der Waals surface area contributed by atoms with Crippen LogP contribution in [0.1, 0.15) is 18.1 Å². The summed E-state index contributed by atoms with van der Waals surface area (Å²) in [5.41, 5.74) is 3.90. The molecule has 3 aromatic carbocycles. The largest absolute Gasteiger partial charge is 0.362 e. The molecule has 0 fully saturated rings. The van der Waals surface area contributed by atoms with Crippen LogP contribution in [0.15, 0.2) is 113 Å². The number of aliphatic imine (C=N–C) groups is 2. The van der Waals surface area contributed by atoms with Crippen molar-refractivity contribution in [3.05, 3.63) is 114 Å². The van der Waals surface area contributed by atoms with Crippen LogP contribution in [-0.4, -0.2) is 49.7 Å². The van der Waals surface area contributed by atoms with Crippen LogP contribution in [-0.2, 0) is 0 Å². The van der Waals surface area contributed by atoms with Crippen molar-refractivity contribution in [3.8, 4) is 0 Å². The van der Waals surface area contributed by atoms with Gasteiger partial charge in [0.05, 0.1) is 5.69 Å². The molecule has 0 aromatic heterocycles. The van der Waals surface area contributed by atoms with E-state index in [0.29, 0.717) is 0 Å². The number of amidine groups is 2. The van der Waals surface area contributed by atoms with Gasteiger partial charge in [-0.1, -0.05) is 67.3 Å². The third-order valence-electron chi connectivity index (χ3n) is 5.32. The molecule has 0 saturated carbocycles. The molecule has 0 bridgehead atoms. The lowest BCUT2D eigenvalue weighted by molar-refractivity contribution is 0.624. The summed E-state index contributed by atoms with van der Waals surface area (Å²) >= 11 is 0. The Morgan fingerprint density at radius 3 is 2.03 bits per heavy atom. The number of likely N-dealkylation sites (N-methyl/N-ethyl adjacent to an activating group) is 1. The average molecular weight is 437 g/mol. The Bertz CT molecular complexity index is 1230. The van der Waals surface area contributed by atoms with Gasteiger partial charge in [0.2, 0.25) is 0 Å². The Hall–Kier alpha value is -3.92. The number of allylic oxidation sites excluding steroid dienone is 4. The van der Waals surface area contributed by atoms with Crippen LogP contribution in [0.3, 0.4) is 0 Å². The van der Waals surface area contributed by atoms with Gasteiger partial charge < -0.3 is 9.80 Å². The molecule has 0 aliphatic rings. The molecule has 33 heavy (non-hydrogen) atoms. The van der Waals surface area contributed by atoms with Crippen molar-refractivity contribution in [2.75, 3.05) is 28.2 Å². The van der Waals surface area contributed by atoms with Gasteiger partial charge in [0, 0.05) is 45.0 Å². The van der Waals surface area contributed by atoms with Crippen molar-refractivity contribution in [1.29, 1.82) is 0 Å². The van der Waals surface area contributed by atoms with Crippen molar-refractivity contribution >= 4 is 28.1 Å².